The number of nitro groups is 1. The van der Waals surface area contributed by atoms with Gasteiger partial charge in [-0.15, -0.1) is 0 Å². The molecule has 0 aliphatic carbocycles. The minimum atomic E-state index is -0.432. The van der Waals surface area contributed by atoms with Gasteiger partial charge in [-0.2, -0.15) is 5.26 Å². The van der Waals surface area contributed by atoms with Crippen LogP contribution in [0.25, 0.3) is 17.2 Å². The number of non-ortho nitro benzene ring substituents is 1. The highest BCUT2D eigenvalue weighted by Gasteiger charge is 2.15. The summed E-state index contributed by atoms with van der Waals surface area (Å²) < 4.78 is 0. The first-order valence-corrected chi connectivity index (χ1v) is 8.78. The van der Waals surface area contributed by atoms with E-state index in [1.807, 2.05) is 12.1 Å². The lowest BCUT2D eigenvalue weighted by Crippen LogP contribution is -2.25. The summed E-state index contributed by atoms with van der Waals surface area (Å²) in [6.07, 6.45) is 4.36. The summed E-state index contributed by atoms with van der Waals surface area (Å²) in [5.74, 6) is -0.109. The van der Waals surface area contributed by atoms with Crippen LogP contribution in [0.5, 0.6) is 0 Å². The Balaban J connectivity index is 2.19. The molecule has 1 amide bonds. The predicted molar refractivity (Wildman–Crippen MR) is 103 cm³/mol. The Bertz CT molecular complexity index is 969. The number of amides is 1. The molecule has 1 heterocycles. The second-order valence-corrected chi connectivity index (χ2v) is 6.55. The van der Waals surface area contributed by atoms with Crippen LogP contribution in [0.4, 0.5) is 5.69 Å². The number of fused-ring (bicyclic) bond motifs is 1. The van der Waals surface area contributed by atoms with Gasteiger partial charge in [-0.1, -0.05) is 0 Å². The van der Waals surface area contributed by atoms with Crippen molar-refractivity contribution < 1.29 is 9.72 Å². The number of benzene rings is 2. The smallest absolute Gasteiger partial charge is 0.269 e. The second kappa shape index (κ2) is 7.83. The van der Waals surface area contributed by atoms with Crippen LogP contribution in [-0.2, 0) is 11.2 Å². The normalized spacial score (nSPS) is 16.3. The molecule has 27 heavy (non-hydrogen) atoms. The van der Waals surface area contributed by atoms with Crippen molar-refractivity contribution in [2.45, 2.75) is 26.2 Å². The molecule has 3 rings (SSSR count). The highest BCUT2D eigenvalue weighted by Crippen LogP contribution is 2.32. The highest BCUT2D eigenvalue weighted by atomic mass is 16.6. The fraction of sp³-hybridized carbons (Fsp3) is 0.238. The monoisotopic (exact) mass is 361 g/mol. The number of nitriles is 1. The third kappa shape index (κ3) is 4.04. The molecule has 1 N–H and O–H groups in total. The van der Waals surface area contributed by atoms with Gasteiger partial charge in [0.15, 0.2) is 0 Å². The molecule has 0 saturated heterocycles. The van der Waals surface area contributed by atoms with Crippen molar-refractivity contribution in [2.24, 2.45) is 0 Å². The summed E-state index contributed by atoms with van der Waals surface area (Å²) in [5.41, 5.74) is 4.70. The van der Waals surface area contributed by atoms with Crippen LogP contribution >= 0.6 is 0 Å². The molecule has 0 atom stereocenters. The zero-order chi connectivity index (χ0) is 19.4. The molecule has 2 aromatic rings. The van der Waals surface area contributed by atoms with Gasteiger partial charge in [0, 0.05) is 24.3 Å². The molecular weight excluding hydrogens is 342 g/mol. The Morgan fingerprint density at radius 3 is 2.59 bits per heavy atom. The fourth-order valence-electron chi connectivity index (χ4n) is 3.25. The van der Waals surface area contributed by atoms with Crippen molar-refractivity contribution in [3.63, 3.8) is 0 Å². The maximum atomic E-state index is 12.1. The van der Waals surface area contributed by atoms with Gasteiger partial charge in [0.25, 0.3) is 5.69 Å². The molecule has 6 heteroatoms. The number of nitrogens with one attached hydrogen (secondary N) is 1. The van der Waals surface area contributed by atoms with Crippen LogP contribution in [0.2, 0.25) is 0 Å². The molecular formula is C21H19N3O3. The second-order valence-electron chi connectivity index (χ2n) is 6.55. The van der Waals surface area contributed by atoms with E-state index in [0.717, 1.165) is 41.5 Å². The first kappa shape index (κ1) is 18.3. The van der Waals surface area contributed by atoms with Gasteiger partial charge in [0.1, 0.15) is 0 Å². The molecule has 0 fully saturated rings. The van der Waals surface area contributed by atoms with Gasteiger partial charge >= 0.3 is 0 Å². The Morgan fingerprint density at radius 1 is 1.19 bits per heavy atom. The minimum Gasteiger partial charge on any atom is -0.352 e. The predicted octanol–water partition coefficient (Wildman–Crippen LogP) is 3.99. The number of carbonyl (C=O) groups is 1. The summed E-state index contributed by atoms with van der Waals surface area (Å²) >= 11 is 0. The van der Waals surface area contributed by atoms with E-state index in [1.165, 1.54) is 12.1 Å². The van der Waals surface area contributed by atoms with Crippen LogP contribution in [0.1, 0.15) is 36.5 Å². The topological polar surface area (TPSA) is 96.0 Å². The van der Waals surface area contributed by atoms with Crippen LogP contribution in [-0.4, -0.2) is 17.4 Å². The van der Waals surface area contributed by atoms with Crippen molar-refractivity contribution >= 4 is 17.7 Å². The van der Waals surface area contributed by atoms with E-state index in [1.54, 1.807) is 25.1 Å². The molecule has 2 aromatic carbocycles. The van der Waals surface area contributed by atoms with E-state index in [4.69, 9.17) is 0 Å². The van der Waals surface area contributed by atoms with Gasteiger partial charge in [-0.25, -0.2) is 0 Å². The molecule has 0 radical (unpaired) electrons. The number of carbonyl (C=O) groups excluding carboxylic acids is 1. The van der Waals surface area contributed by atoms with E-state index < -0.39 is 4.92 Å². The Kier molecular flexibility index (Phi) is 5.32. The van der Waals surface area contributed by atoms with Crippen molar-refractivity contribution in [1.82, 2.24) is 5.32 Å². The zero-order valence-electron chi connectivity index (χ0n) is 15.0. The Morgan fingerprint density at radius 2 is 1.93 bits per heavy atom. The Labute approximate surface area is 157 Å². The number of nitrogens with zero attached hydrogens (tertiary/aromatic N) is 2. The van der Waals surface area contributed by atoms with Crippen molar-refractivity contribution in [1.29, 1.82) is 5.26 Å². The third-order valence-electron chi connectivity index (χ3n) is 4.67. The van der Waals surface area contributed by atoms with Crippen molar-refractivity contribution in [3.05, 3.63) is 68.8 Å². The van der Waals surface area contributed by atoms with Gasteiger partial charge in [0.05, 0.1) is 16.6 Å². The van der Waals surface area contributed by atoms with E-state index in [0.29, 0.717) is 17.7 Å². The summed E-state index contributed by atoms with van der Waals surface area (Å²) in [6, 6.07) is 12.1. The van der Waals surface area contributed by atoms with Crippen LogP contribution in [0.3, 0.4) is 0 Å². The van der Waals surface area contributed by atoms with Crippen molar-refractivity contribution in [3.8, 4) is 17.2 Å². The van der Waals surface area contributed by atoms with Crippen LogP contribution in [0, 0.1) is 21.4 Å². The number of rotatable bonds is 2. The summed E-state index contributed by atoms with van der Waals surface area (Å²) in [7, 11) is 0. The maximum absolute atomic E-state index is 12.1. The standard InChI is InChI=1S/C21H19N3O3/c1-14-10-17-11-15(13-22)12-20(16-5-7-18(8-6-16)24(26)27)19(17)4-2-3-9-23-21(14)25/h5-8,10-12H,2-4,9H2,1H3,(H,23,25)/b14-10+. The number of nitro benzene ring substituents is 1. The summed E-state index contributed by atoms with van der Waals surface area (Å²) in [4.78, 5) is 22.6. The quantitative estimate of drug-likeness (QED) is 0.646. The highest BCUT2D eigenvalue weighted by molar-refractivity contribution is 5.97. The lowest BCUT2D eigenvalue weighted by Gasteiger charge is -2.17. The zero-order valence-corrected chi connectivity index (χ0v) is 15.0. The Hall–Kier alpha value is -3.46. The van der Waals surface area contributed by atoms with Crippen LogP contribution < -0.4 is 5.32 Å². The lowest BCUT2D eigenvalue weighted by atomic mass is 9.89. The molecule has 0 aromatic heterocycles. The summed E-state index contributed by atoms with van der Waals surface area (Å²) in [6.45, 7) is 2.38. The molecule has 1 aliphatic rings. The van der Waals surface area contributed by atoms with E-state index in [-0.39, 0.29) is 11.6 Å². The van der Waals surface area contributed by atoms with E-state index in [2.05, 4.69) is 11.4 Å². The molecule has 0 saturated carbocycles. The molecule has 0 unspecified atom stereocenters. The fourth-order valence-corrected chi connectivity index (χ4v) is 3.25. The summed E-state index contributed by atoms with van der Waals surface area (Å²) in [5, 5.41) is 23.2. The van der Waals surface area contributed by atoms with Gasteiger partial charge in [-0.05, 0) is 78.8 Å². The van der Waals surface area contributed by atoms with E-state index >= 15 is 0 Å². The molecule has 136 valence electrons. The lowest BCUT2D eigenvalue weighted by molar-refractivity contribution is -0.384. The molecule has 1 aliphatic heterocycles. The first-order chi connectivity index (χ1) is 13.0. The molecule has 0 bridgehead atoms. The number of hydrogen-bond donors (Lipinski definition) is 1. The van der Waals surface area contributed by atoms with Crippen LogP contribution in [0.15, 0.2) is 42.0 Å². The first-order valence-electron chi connectivity index (χ1n) is 8.78. The average Bonchev–Trinajstić information content (AvgIpc) is 2.67. The third-order valence-corrected chi connectivity index (χ3v) is 4.67. The van der Waals surface area contributed by atoms with Gasteiger partial charge in [-0.3, -0.25) is 14.9 Å². The minimum absolute atomic E-state index is 0.0266. The molecule has 6 nitrogen and oxygen atoms in total. The SMILES string of the molecule is C/C1=C\c2cc(C#N)cc(-c3ccc([N+](=O)[O-])cc3)c2CCCCNC1=O. The largest absolute Gasteiger partial charge is 0.352 e. The molecule has 0 spiro atoms. The van der Waals surface area contributed by atoms with E-state index in [9.17, 15) is 20.2 Å². The van der Waals surface area contributed by atoms with Gasteiger partial charge < -0.3 is 5.32 Å². The average molecular weight is 361 g/mol. The number of hydrogen-bond acceptors (Lipinski definition) is 4. The maximum Gasteiger partial charge on any atom is 0.269 e. The van der Waals surface area contributed by atoms with Crippen molar-refractivity contribution in [2.75, 3.05) is 6.54 Å². The van der Waals surface area contributed by atoms with Gasteiger partial charge in [0.2, 0.25) is 5.91 Å².